The maximum absolute atomic E-state index is 12.5. The topological polar surface area (TPSA) is 63.3 Å². The number of aromatic nitrogens is 2. The zero-order chi connectivity index (χ0) is 21.8. The van der Waals surface area contributed by atoms with Gasteiger partial charge < -0.3 is 9.73 Å². The quantitative estimate of drug-likeness (QED) is 0.458. The Morgan fingerprint density at radius 2 is 1.84 bits per heavy atom. The predicted octanol–water partition coefficient (Wildman–Crippen LogP) is 5.23. The first-order chi connectivity index (χ1) is 15.8. The first-order valence-electron chi connectivity index (χ1n) is 11.0. The van der Waals surface area contributed by atoms with Crippen molar-refractivity contribution in [1.29, 1.82) is 0 Å². The molecule has 2 aromatic carbocycles. The summed E-state index contributed by atoms with van der Waals surface area (Å²) in [6.45, 7) is 2.89. The molecule has 6 heteroatoms. The molecule has 2 aromatic heterocycles. The summed E-state index contributed by atoms with van der Waals surface area (Å²) in [6.07, 6.45) is 5.45. The number of nitrogens with one attached hydrogen (secondary N) is 1. The normalized spacial score (nSPS) is 15.0. The third-order valence-corrected chi connectivity index (χ3v) is 5.99. The number of hydrogen-bond donors (Lipinski definition) is 1. The van der Waals surface area contributed by atoms with Crippen LogP contribution >= 0.6 is 0 Å². The average Bonchev–Trinajstić information content (AvgIpc) is 3.53. The van der Waals surface area contributed by atoms with Gasteiger partial charge in [0.05, 0.1) is 18.5 Å². The molecule has 0 aliphatic carbocycles. The van der Waals surface area contributed by atoms with Gasteiger partial charge in [-0.15, -0.1) is 0 Å². The van der Waals surface area contributed by atoms with E-state index in [1.807, 2.05) is 53.2 Å². The number of amides is 1. The highest BCUT2D eigenvalue weighted by atomic mass is 16.3. The van der Waals surface area contributed by atoms with Crippen LogP contribution in [0.3, 0.4) is 0 Å². The van der Waals surface area contributed by atoms with E-state index in [4.69, 9.17) is 4.42 Å². The minimum atomic E-state index is -0.110. The molecule has 3 heterocycles. The minimum absolute atomic E-state index is 0.110. The van der Waals surface area contributed by atoms with Gasteiger partial charge in [0, 0.05) is 36.8 Å². The number of rotatable bonds is 6. The Morgan fingerprint density at radius 1 is 1.00 bits per heavy atom. The summed E-state index contributed by atoms with van der Waals surface area (Å²) in [6, 6.07) is 23.9. The maximum atomic E-state index is 12.5. The van der Waals surface area contributed by atoms with E-state index in [0.29, 0.717) is 5.56 Å². The molecule has 1 fully saturated rings. The molecule has 1 saturated heterocycles. The van der Waals surface area contributed by atoms with Crippen LogP contribution in [-0.2, 0) is 6.54 Å². The highest BCUT2D eigenvalue weighted by Crippen LogP contribution is 2.27. The minimum Gasteiger partial charge on any atom is -0.464 e. The molecule has 0 unspecified atom stereocenters. The Balaban J connectivity index is 1.19. The van der Waals surface area contributed by atoms with Crippen LogP contribution in [0.1, 0.15) is 34.8 Å². The lowest BCUT2D eigenvalue weighted by Crippen LogP contribution is -2.35. The van der Waals surface area contributed by atoms with Gasteiger partial charge >= 0.3 is 0 Å². The number of carbonyl (C=O) groups is 1. The second-order valence-corrected chi connectivity index (χ2v) is 8.17. The Hall–Kier alpha value is -3.64. The van der Waals surface area contributed by atoms with Crippen molar-refractivity contribution >= 4 is 11.7 Å². The van der Waals surface area contributed by atoms with Crippen molar-refractivity contribution in [3.05, 3.63) is 96.4 Å². The van der Waals surface area contributed by atoms with Crippen LogP contribution in [0.2, 0.25) is 0 Å². The van der Waals surface area contributed by atoms with Crippen LogP contribution < -0.4 is 5.32 Å². The third-order valence-electron chi connectivity index (χ3n) is 5.99. The van der Waals surface area contributed by atoms with Gasteiger partial charge in [-0.2, -0.15) is 5.10 Å². The van der Waals surface area contributed by atoms with Gasteiger partial charge in [0.2, 0.25) is 0 Å². The number of nitrogens with zero attached hydrogens (tertiary/aromatic N) is 3. The van der Waals surface area contributed by atoms with Crippen molar-refractivity contribution in [2.24, 2.45) is 0 Å². The van der Waals surface area contributed by atoms with Gasteiger partial charge in [0.15, 0.2) is 0 Å². The standard InChI is InChI=1S/C26H26N4O2/c31-26(21-7-2-1-3-8-21)28-25-11-14-27-30(25)23-12-15-29(16-13-23)19-20-6-4-9-22(18-20)24-10-5-17-32-24/h1-11,14,17-18,23H,12-13,15-16,19H2,(H,28,31). The summed E-state index contributed by atoms with van der Waals surface area (Å²) >= 11 is 0. The number of piperidine rings is 1. The first-order valence-corrected chi connectivity index (χ1v) is 11.0. The lowest BCUT2D eigenvalue weighted by Gasteiger charge is -2.32. The van der Waals surface area contributed by atoms with Gasteiger partial charge in [-0.05, 0) is 48.7 Å². The van der Waals surface area contributed by atoms with Gasteiger partial charge in [-0.3, -0.25) is 9.69 Å². The zero-order valence-electron chi connectivity index (χ0n) is 17.9. The van der Waals surface area contributed by atoms with Crippen molar-refractivity contribution in [2.45, 2.75) is 25.4 Å². The summed E-state index contributed by atoms with van der Waals surface area (Å²) < 4.78 is 7.50. The number of carbonyl (C=O) groups excluding carboxylic acids is 1. The van der Waals surface area contributed by atoms with E-state index in [2.05, 4.69) is 39.6 Å². The van der Waals surface area contributed by atoms with E-state index >= 15 is 0 Å². The fourth-order valence-corrected chi connectivity index (χ4v) is 4.33. The third kappa shape index (κ3) is 4.50. The Kier molecular flexibility index (Phi) is 5.85. The van der Waals surface area contributed by atoms with E-state index in [1.54, 1.807) is 12.5 Å². The van der Waals surface area contributed by atoms with E-state index in [1.165, 1.54) is 5.56 Å². The van der Waals surface area contributed by atoms with E-state index in [9.17, 15) is 4.79 Å². The molecule has 1 amide bonds. The summed E-state index contributed by atoms with van der Waals surface area (Å²) in [5.41, 5.74) is 3.04. The van der Waals surface area contributed by atoms with Crippen LogP contribution in [0.5, 0.6) is 0 Å². The molecular formula is C26H26N4O2. The molecule has 0 atom stereocenters. The molecule has 32 heavy (non-hydrogen) atoms. The summed E-state index contributed by atoms with van der Waals surface area (Å²) in [4.78, 5) is 15.0. The Morgan fingerprint density at radius 3 is 2.62 bits per heavy atom. The van der Waals surface area contributed by atoms with Crippen molar-refractivity contribution < 1.29 is 9.21 Å². The predicted molar refractivity (Wildman–Crippen MR) is 124 cm³/mol. The van der Waals surface area contributed by atoms with Crippen LogP contribution in [0.15, 0.2) is 89.7 Å². The van der Waals surface area contributed by atoms with Gasteiger partial charge in [-0.1, -0.05) is 36.4 Å². The SMILES string of the molecule is O=C(Nc1ccnn1C1CCN(Cc2cccc(-c3ccco3)c2)CC1)c1ccccc1. The maximum Gasteiger partial charge on any atom is 0.256 e. The number of furan rings is 1. The molecule has 0 bridgehead atoms. The van der Waals surface area contributed by atoms with Gasteiger partial charge in [0.25, 0.3) is 5.91 Å². The highest BCUT2D eigenvalue weighted by molar-refractivity contribution is 6.03. The molecule has 1 aliphatic heterocycles. The van der Waals surface area contributed by atoms with Gasteiger partial charge in [0.1, 0.15) is 11.6 Å². The number of likely N-dealkylation sites (tertiary alicyclic amines) is 1. The Labute approximate surface area is 187 Å². The fourth-order valence-electron chi connectivity index (χ4n) is 4.33. The highest BCUT2D eigenvalue weighted by Gasteiger charge is 2.23. The van der Waals surface area contributed by atoms with E-state index in [-0.39, 0.29) is 11.9 Å². The lowest BCUT2D eigenvalue weighted by molar-refractivity contribution is 0.102. The molecule has 1 N–H and O–H groups in total. The number of anilines is 1. The number of hydrogen-bond acceptors (Lipinski definition) is 4. The molecule has 162 valence electrons. The molecule has 1 aliphatic rings. The molecule has 6 nitrogen and oxygen atoms in total. The molecule has 0 radical (unpaired) electrons. The monoisotopic (exact) mass is 426 g/mol. The molecule has 5 rings (SSSR count). The van der Waals surface area contributed by atoms with Crippen molar-refractivity contribution in [2.75, 3.05) is 18.4 Å². The molecule has 0 spiro atoms. The lowest BCUT2D eigenvalue weighted by atomic mass is 10.0. The Bertz CT molecular complexity index is 1160. The zero-order valence-corrected chi connectivity index (χ0v) is 17.9. The van der Waals surface area contributed by atoms with Crippen LogP contribution in [-0.4, -0.2) is 33.7 Å². The smallest absolute Gasteiger partial charge is 0.256 e. The fraction of sp³-hybridized carbons (Fsp3) is 0.231. The van der Waals surface area contributed by atoms with Crippen molar-refractivity contribution in [1.82, 2.24) is 14.7 Å². The van der Waals surface area contributed by atoms with Crippen LogP contribution in [0.25, 0.3) is 11.3 Å². The molecular weight excluding hydrogens is 400 g/mol. The van der Waals surface area contributed by atoms with E-state index < -0.39 is 0 Å². The first kappa shape index (κ1) is 20.3. The second kappa shape index (κ2) is 9.24. The summed E-state index contributed by atoms with van der Waals surface area (Å²) in [7, 11) is 0. The van der Waals surface area contributed by atoms with E-state index in [0.717, 1.165) is 49.6 Å². The number of benzene rings is 2. The van der Waals surface area contributed by atoms with Crippen molar-refractivity contribution in [3.63, 3.8) is 0 Å². The van der Waals surface area contributed by atoms with Crippen molar-refractivity contribution in [3.8, 4) is 11.3 Å². The van der Waals surface area contributed by atoms with Crippen LogP contribution in [0, 0.1) is 0 Å². The molecule has 4 aromatic rings. The average molecular weight is 427 g/mol. The second-order valence-electron chi connectivity index (χ2n) is 8.17. The van der Waals surface area contributed by atoms with Crippen LogP contribution in [0.4, 0.5) is 5.82 Å². The largest absolute Gasteiger partial charge is 0.464 e. The molecule has 0 saturated carbocycles. The summed E-state index contributed by atoms with van der Waals surface area (Å²) in [5, 5.41) is 7.52. The van der Waals surface area contributed by atoms with Gasteiger partial charge in [-0.25, -0.2) is 4.68 Å². The summed E-state index contributed by atoms with van der Waals surface area (Å²) in [5.74, 6) is 1.54.